The minimum absolute atomic E-state index is 0.0797. The lowest BCUT2D eigenvalue weighted by atomic mass is 10.1. The van der Waals surface area contributed by atoms with Crippen LogP contribution in [0.2, 0.25) is 0 Å². The van der Waals surface area contributed by atoms with Crippen molar-refractivity contribution in [2.24, 2.45) is 0 Å². The Morgan fingerprint density at radius 3 is 2.76 bits per heavy atom. The van der Waals surface area contributed by atoms with Gasteiger partial charge >= 0.3 is 0 Å². The van der Waals surface area contributed by atoms with Crippen molar-refractivity contribution in [2.45, 2.75) is 17.0 Å². The number of nitrogens with one attached hydrogen (secondary N) is 1. The van der Waals surface area contributed by atoms with Crippen LogP contribution in [0, 0.1) is 6.92 Å². The molecule has 0 saturated carbocycles. The summed E-state index contributed by atoms with van der Waals surface area (Å²) in [7, 11) is 0. The zero-order valence-corrected chi connectivity index (χ0v) is 17.4. The zero-order chi connectivity index (χ0) is 20.1. The molecule has 29 heavy (non-hydrogen) atoms. The van der Waals surface area contributed by atoms with E-state index in [1.165, 1.54) is 22.5 Å². The summed E-state index contributed by atoms with van der Waals surface area (Å²) in [6, 6.07) is 22.1. The third kappa shape index (κ3) is 5.34. The van der Waals surface area contributed by atoms with E-state index in [1.807, 2.05) is 48.5 Å². The van der Waals surface area contributed by atoms with Crippen molar-refractivity contribution >= 4 is 44.9 Å². The van der Waals surface area contributed by atoms with Crippen LogP contribution >= 0.6 is 23.1 Å². The number of anilines is 1. The first-order valence-corrected chi connectivity index (χ1v) is 10.9. The van der Waals surface area contributed by atoms with Crippen LogP contribution in [0.5, 0.6) is 5.75 Å². The molecule has 4 rings (SSSR count). The molecule has 1 N–H and O–H groups in total. The van der Waals surface area contributed by atoms with Gasteiger partial charge in [-0.1, -0.05) is 83.3 Å². The van der Waals surface area contributed by atoms with Gasteiger partial charge in [-0.05, 0) is 35.4 Å². The molecule has 4 aromatic rings. The summed E-state index contributed by atoms with van der Waals surface area (Å²) < 4.78 is 6.43. The van der Waals surface area contributed by atoms with Crippen molar-refractivity contribution in [1.29, 1.82) is 0 Å². The highest BCUT2D eigenvalue weighted by atomic mass is 32.2. The molecule has 0 fully saturated rings. The molecule has 1 amide bonds. The first-order valence-electron chi connectivity index (χ1n) is 9.09. The van der Waals surface area contributed by atoms with Crippen LogP contribution < -0.4 is 10.1 Å². The highest BCUT2D eigenvalue weighted by Crippen LogP contribution is 2.28. The topological polar surface area (TPSA) is 64.1 Å². The molecular formula is C22H19N3O2S2. The number of carbonyl (C=O) groups excluding carboxylic acids is 1. The molecule has 0 aliphatic rings. The number of ether oxygens (including phenoxy) is 1. The van der Waals surface area contributed by atoms with Gasteiger partial charge in [-0.25, -0.2) is 0 Å². The minimum Gasteiger partial charge on any atom is -0.484 e. The summed E-state index contributed by atoms with van der Waals surface area (Å²) in [5.41, 5.74) is 2.47. The molecule has 146 valence electrons. The molecule has 1 aromatic heterocycles. The number of amides is 1. The Kier molecular flexibility index (Phi) is 6.07. The molecule has 1 heterocycles. The fourth-order valence-electron chi connectivity index (χ4n) is 2.83. The van der Waals surface area contributed by atoms with Gasteiger partial charge in [-0.3, -0.25) is 10.1 Å². The number of nitrogens with zero attached hydrogens (tertiary/aromatic N) is 2. The van der Waals surface area contributed by atoms with Gasteiger partial charge in [0.1, 0.15) is 5.75 Å². The van der Waals surface area contributed by atoms with Crippen molar-refractivity contribution in [1.82, 2.24) is 10.2 Å². The predicted molar refractivity (Wildman–Crippen MR) is 119 cm³/mol. The maximum atomic E-state index is 12.2. The number of benzene rings is 3. The van der Waals surface area contributed by atoms with E-state index in [0.29, 0.717) is 10.9 Å². The lowest BCUT2D eigenvalue weighted by Gasteiger charge is -2.06. The Hall–Kier alpha value is -2.90. The van der Waals surface area contributed by atoms with Crippen molar-refractivity contribution in [3.05, 3.63) is 77.9 Å². The smallest absolute Gasteiger partial charge is 0.264 e. The Bertz CT molecular complexity index is 1140. The average Bonchev–Trinajstić information content (AvgIpc) is 3.18. The minimum atomic E-state index is -0.260. The first-order chi connectivity index (χ1) is 14.2. The van der Waals surface area contributed by atoms with E-state index >= 15 is 0 Å². The van der Waals surface area contributed by atoms with E-state index in [2.05, 4.69) is 40.6 Å². The number of carbonyl (C=O) groups is 1. The molecule has 0 spiro atoms. The zero-order valence-electron chi connectivity index (χ0n) is 15.8. The summed E-state index contributed by atoms with van der Waals surface area (Å²) >= 11 is 2.97. The largest absolute Gasteiger partial charge is 0.484 e. The third-order valence-corrected chi connectivity index (χ3v) is 6.23. The second-order valence-corrected chi connectivity index (χ2v) is 8.70. The van der Waals surface area contributed by atoms with Crippen molar-refractivity contribution in [2.75, 3.05) is 11.9 Å². The van der Waals surface area contributed by atoms with E-state index in [0.717, 1.165) is 20.9 Å². The highest BCUT2D eigenvalue weighted by molar-refractivity contribution is 8.00. The molecule has 0 radical (unpaired) electrons. The fourth-order valence-corrected chi connectivity index (χ4v) is 4.54. The lowest BCUT2D eigenvalue weighted by molar-refractivity contribution is -0.118. The van der Waals surface area contributed by atoms with Gasteiger partial charge in [0.15, 0.2) is 10.9 Å². The molecule has 0 aliphatic carbocycles. The molecule has 0 saturated heterocycles. The van der Waals surface area contributed by atoms with Crippen LogP contribution in [-0.2, 0) is 10.5 Å². The molecule has 7 heteroatoms. The van der Waals surface area contributed by atoms with Gasteiger partial charge in [0.2, 0.25) is 5.13 Å². The third-order valence-electron chi connectivity index (χ3n) is 4.19. The Morgan fingerprint density at radius 1 is 1.03 bits per heavy atom. The second-order valence-electron chi connectivity index (χ2n) is 6.50. The summed E-state index contributed by atoms with van der Waals surface area (Å²) in [5.74, 6) is 1.21. The highest BCUT2D eigenvalue weighted by Gasteiger charge is 2.10. The second kappa shape index (κ2) is 9.07. The van der Waals surface area contributed by atoms with Crippen LogP contribution in [-0.4, -0.2) is 22.7 Å². The van der Waals surface area contributed by atoms with Gasteiger partial charge < -0.3 is 4.74 Å². The monoisotopic (exact) mass is 421 g/mol. The maximum Gasteiger partial charge on any atom is 0.264 e. The number of thioether (sulfide) groups is 1. The molecule has 0 bridgehead atoms. The van der Waals surface area contributed by atoms with Gasteiger partial charge in [-0.15, -0.1) is 10.2 Å². The standard InChI is InChI=1S/C22H19N3O2S2/c1-15-5-4-6-16(11-15)14-28-22-25-24-21(29-22)23-20(26)13-27-19-10-9-17-7-2-3-8-18(17)12-19/h2-12H,13-14H2,1H3,(H,23,24,26). The van der Waals surface area contributed by atoms with Crippen LogP contribution in [0.25, 0.3) is 10.8 Å². The van der Waals surface area contributed by atoms with E-state index in [-0.39, 0.29) is 12.5 Å². The fraction of sp³-hybridized carbons (Fsp3) is 0.136. The predicted octanol–water partition coefficient (Wildman–Crippen LogP) is 5.31. The average molecular weight is 422 g/mol. The summed E-state index contributed by atoms with van der Waals surface area (Å²) in [6.45, 7) is 2.00. The van der Waals surface area contributed by atoms with Gasteiger partial charge in [0.05, 0.1) is 0 Å². The van der Waals surface area contributed by atoms with E-state index in [1.54, 1.807) is 11.8 Å². The lowest BCUT2D eigenvalue weighted by Crippen LogP contribution is -2.20. The van der Waals surface area contributed by atoms with Crippen molar-refractivity contribution in [3.63, 3.8) is 0 Å². The molecular weight excluding hydrogens is 402 g/mol. The van der Waals surface area contributed by atoms with Gasteiger partial charge in [0.25, 0.3) is 5.91 Å². The van der Waals surface area contributed by atoms with Crippen molar-refractivity contribution in [3.8, 4) is 5.75 Å². The first kappa shape index (κ1) is 19.4. The quantitative estimate of drug-likeness (QED) is 0.324. The van der Waals surface area contributed by atoms with Crippen LogP contribution in [0.3, 0.4) is 0 Å². The SMILES string of the molecule is Cc1cccc(CSc2nnc(NC(=O)COc3ccc4ccccc4c3)s2)c1. The Morgan fingerprint density at radius 2 is 1.90 bits per heavy atom. The van der Waals surface area contributed by atoms with Crippen molar-refractivity contribution < 1.29 is 9.53 Å². The number of rotatable bonds is 7. The number of fused-ring (bicyclic) bond motifs is 1. The molecule has 0 atom stereocenters. The van der Waals surface area contributed by atoms with Crippen LogP contribution in [0.1, 0.15) is 11.1 Å². The van der Waals surface area contributed by atoms with Crippen LogP contribution in [0.15, 0.2) is 71.1 Å². The number of hydrogen-bond donors (Lipinski definition) is 1. The summed E-state index contributed by atoms with van der Waals surface area (Å²) in [4.78, 5) is 12.2. The molecule has 0 unspecified atom stereocenters. The summed E-state index contributed by atoms with van der Waals surface area (Å²) in [6.07, 6.45) is 0. The van der Waals surface area contributed by atoms with Gasteiger partial charge in [0, 0.05) is 5.75 Å². The van der Waals surface area contributed by atoms with Crippen LogP contribution in [0.4, 0.5) is 5.13 Å². The van der Waals surface area contributed by atoms with E-state index in [9.17, 15) is 4.79 Å². The molecule has 5 nitrogen and oxygen atoms in total. The molecule has 3 aromatic carbocycles. The Balaban J connectivity index is 1.28. The maximum absolute atomic E-state index is 12.2. The van der Waals surface area contributed by atoms with E-state index < -0.39 is 0 Å². The summed E-state index contributed by atoms with van der Waals surface area (Å²) in [5, 5.41) is 13.6. The van der Waals surface area contributed by atoms with Gasteiger partial charge in [-0.2, -0.15) is 0 Å². The number of aryl methyl sites for hydroxylation is 1. The normalized spacial score (nSPS) is 10.8. The molecule has 0 aliphatic heterocycles. The Labute approximate surface area is 177 Å². The number of hydrogen-bond acceptors (Lipinski definition) is 6. The van der Waals surface area contributed by atoms with E-state index in [4.69, 9.17) is 4.74 Å². The number of aromatic nitrogens is 2.